The SMILES string of the molecule is CC(O)c1nc2cnc3ccoc3c2n1C1CCC(CC#N)CC1. The minimum atomic E-state index is -0.653. The fraction of sp³-hybridized carbons (Fsp3) is 0.500. The summed E-state index contributed by atoms with van der Waals surface area (Å²) in [5.41, 5.74) is 3.21. The van der Waals surface area contributed by atoms with Gasteiger partial charge >= 0.3 is 0 Å². The minimum Gasteiger partial charge on any atom is -0.460 e. The van der Waals surface area contributed by atoms with Gasteiger partial charge in [-0.2, -0.15) is 5.26 Å². The first kappa shape index (κ1) is 15.2. The van der Waals surface area contributed by atoms with Crippen LogP contribution in [0.3, 0.4) is 0 Å². The van der Waals surface area contributed by atoms with Gasteiger partial charge in [-0.1, -0.05) is 0 Å². The van der Waals surface area contributed by atoms with Crippen LogP contribution in [0.25, 0.3) is 22.1 Å². The molecule has 0 aromatic carbocycles. The molecule has 4 rings (SSSR count). The Hall–Kier alpha value is -2.39. The van der Waals surface area contributed by atoms with Crippen molar-refractivity contribution in [2.24, 2.45) is 5.92 Å². The Labute approximate surface area is 139 Å². The molecule has 3 aromatic rings. The Morgan fingerprint density at radius 3 is 2.88 bits per heavy atom. The lowest BCUT2D eigenvalue weighted by Crippen LogP contribution is -2.20. The van der Waals surface area contributed by atoms with Gasteiger partial charge in [0.2, 0.25) is 0 Å². The van der Waals surface area contributed by atoms with Crippen LogP contribution < -0.4 is 0 Å². The molecule has 0 amide bonds. The molecular formula is C18H20N4O2. The number of hydrogen-bond donors (Lipinski definition) is 1. The summed E-state index contributed by atoms with van der Waals surface area (Å²) in [7, 11) is 0. The predicted octanol–water partition coefficient (Wildman–Crippen LogP) is 3.88. The van der Waals surface area contributed by atoms with Gasteiger partial charge in [0.15, 0.2) is 5.58 Å². The molecule has 1 fully saturated rings. The molecule has 1 saturated carbocycles. The van der Waals surface area contributed by atoms with Gasteiger partial charge in [-0.15, -0.1) is 0 Å². The number of pyridine rings is 1. The Bertz CT molecular complexity index is 910. The highest BCUT2D eigenvalue weighted by molar-refractivity contribution is 5.98. The largest absolute Gasteiger partial charge is 0.460 e. The molecule has 0 spiro atoms. The van der Waals surface area contributed by atoms with Crippen molar-refractivity contribution < 1.29 is 9.52 Å². The van der Waals surface area contributed by atoms with E-state index in [1.807, 2.05) is 6.07 Å². The third-order valence-corrected chi connectivity index (χ3v) is 5.09. The van der Waals surface area contributed by atoms with E-state index < -0.39 is 6.10 Å². The van der Waals surface area contributed by atoms with Crippen LogP contribution in [0.15, 0.2) is 22.9 Å². The Balaban J connectivity index is 1.82. The Morgan fingerprint density at radius 1 is 1.38 bits per heavy atom. The zero-order valence-electron chi connectivity index (χ0n) is 13.6. The maximum absolute atomic E-state index is 10.2. The summed E-state index contributed by atoms with van der Waals surface area (Å²) in [6, 6.07) is 4.40. The molecule has 1 unspecified atom stereocenters. The number of nitriles is 1. The van der Waals surface area contributed by atoms with E-state index in [9.17, 15) is 5.11 Å². The standard InChI is InChI=1S/C18H20N4O2/c1-11(23)18-21-15-10-20-14-7-9-24-17(14)16(15)22(18)13-4-2-12(3-5-13)6-8-19/h7,9-13,23H,2-6H2,1H3. The first-order valence-corrected chi connectivity index (χ1v) is 8.48. The normalized spacial score (nSPS) is 22.7. The third-order valence-electron chi connectivity index (χ3n) is 5.09. The monoisotopic (exact) mass is 324 g/mol. The second-order valence-corrected chi connectivity index (χ2v) is 6.68. The molecule has 124 valence electrons. The summed E-state index contributed by atoms with van der Waals surface area (Å²) in [5, 5.41) is 19.1. The number of imidazole rings is 1. The van der Waals surface area contributed by atoms with Crippen LogP contribution in [0.1, 0.15) is 57.0 Å². The van der Waals surface area contributed by atoms with Crippen molar-refractivity contribution in [3.63, 3.8) is 0 Å². The second kappa shape index (κ2) is 5.91. The molecule has 0 aliphatic heterocycles. The van der Waals surface area contributed by atoms with E-state index in [-0.39, 0.29) is 6.04 Å². The van der Waals surface area contributed by atoms with Crippen molar-refractivity contribution in [2.75, 3.05) is 0 Å². The van der Waals surface area contributed by atoms with Gasteiger partial charge in [0, 0.05) is 18.5 Å². The van der Waals surface area contributed by atoms with Crippen LogP contribution in [0.2, 0.25) is 0 Å². The molecule has 1 N–H and O–H groups in total. The topological polar surface area (TPSA) is 87.9 Å². The summed E-state index contributed by atoms with van der Waals surface area (Å²) in [6.45, 7) is 1.74. The number of nitrogens with zero attached hydrogens (tertiary/aromatic N) is 4. The molecule has 24 heavy (non-hydrogen) atoms. The van der Waals surface area contributed by atoms with E-state index in [0.29, 0.717) is 18.2 Å². The lowest BCUT2D eigenvalue weighted by Gasteiger charge is -2.30. The molecule has 0 bridgehead atoms. The quantitative estimate of drug-likeness (QED) is 0.790. The van der Waals surface area contributed by atoms with Gasteiger partial charge in [-0.3, -0.25) is 4.98 Å². The maximum Gasteiger partial charge on any atom is 0.178 e. The van der Waals surface area contributed by atoms with Gasteiger partial charge < -0.3 is 14.1 Å². The van der Waals surface area contributed by atoms with Gasteiger partial charge in [-0.25, -0.2) is 4.98 Å². The zero-order valence-corrected chi connectivity index (χ0v) is 13.6. The lowest BCUT2D eigenvalue weighted by molar-refractivity contribution is 0.175. The van der Waals surface area contributed by atoms with Crippen LogP contribution >= 0.6 is 0 Å². The maximum atomic E-state index is 10.2. The Kier molecular flexibility index (Phi) is 3.73. The van der Waals surface area contributed by atoms with Crippen LogP contribution in [-0.2, 0) is 0 Å². The molecule has 1 aliphatic rings. The molecule has 0 radical (unpaired) electrons. The zero-order chi connectivity index (χ0) is 16.7. The molecule has 6 heteroatoms. The Morgan fingerprint density at radius 2 is 2.17 bits per heavy atom. The molecule has 3 aromatic heterocycles. The number of aliphatic hydroxyl groups excluding tert-OH is 1. The van der Waals surface area contributed by atoms with Crippen molar-refractivity contribution >= 4 is 22.1 Å². The highest BCUT2D eigenvalue weighted by atomic mass is 16.3. The fourth-order valence-corrected chi connectivity index (χ4v) is 3.90. The number of aromatic nitrogens is 3. The van der Waals surface area contributed by atoms with E-state index in [0.717, 1.165) is 47.8 Å². The molecular weight excluding hydrogens is 304 g/mol. The van der Waals surface area contributed by atoms with Gasteiger partial charge in [0.1, 0.15) is 28.5 Å². The van der Waals surface area contributed by atoms with Crippen LogP contribution in [-0.4, -0.2) is 19.6 Å². The highest BCUT2D eigenvalue weighted by Gasteiger charge is 2.28. The summed E-state index contributed by atoms with van der Waals surface area (Å²) in [6.07, 6.45) is 7.40. The van der Waals surface area contributed by atoms with Crippen LogP contribution in [0.4, 0.5) is 0 Å². The van der Waals surface area contributed by atoms with Crippen LogP contribution in [0, 0.1) is 17.2 Å². The predicted molar refractivity (Wildman–Crippen MR) is 89.2 cm³/mol. The first-order valence-electron chi connectivity index (χ1n) is 8.48. The molecule has 1 aliphatic carbocycles. The number of aliphatic hydroxyl groups is 1. The molecule has 3 heterocycles. The van der Waals surface area contributed by atoms with Crippen molar-refractivity contribution in [2.45, 2.75) is 51.2 Å². The second-order valence-electron chi connectivity index (χ2n) is 6.68. The van der Waals surface area contributed by atoms with Crippen molar-refractivity contribution in [1.82, 2.24) is 14.5 Å². The average molecular weight is 324 g/mol. The summed E-state index contributed by atoms with van der Waals surface area (Å²) < 4.78 is 7.82. The summed E-state index contributed by atoms with van der Waals surface area (Å²) in [4.78, 5) is 8.99. The smallest absolute Gasteiger partial charge is 0.178 e. The summed E-state index contributed by atoms with van der Waals surface area (Å²) in [5.74, 6) is 1.15. The van der Waals surface area contributed by atoms with E-state index >= 15 is 0 Å². The highest BCUT2D eigenvalue weighted by Crippen LogP contribution is 2.39. The minimum absolute atomic E-state index is 0.269. The van der Waals surface area contributed by atoms with E-state index in [1.54, 1.807) is 19.4 Å². The van der Waals surface area contributed by atoms with E-state index in [1.165, 1.54) is 0 Å². The fourth-order valence-electron chi connectivity index (χ4n) is 3.90. The first-order chi connectivity index (χ1) is 11.7. The van der Waals surface area contributed by atoms with Crippen LogP contribution in [0.5, 0.6) is 0 Å². The molecule has 0 saturated heterocycles. The third kappa shape index (κ3) is 2.36. The summed E-state index contributed by atoms with van der Waals surface area (Å²) >= 11 is 0. The molecule has 6 nitrogen and oxygen atoms in total. The van der Waals surface area contributed by atoms with E-state index in [2.05, 4.69) is 20.6 Å². The number of rotatable bonds is 3. The van der Waals surface area contributed by atoms with Crippen molar-refractivity contribution in [3.8, 4) is 6.07 Å². The van der Waals surface area contributed by atoms with Gasteiger partial charge in [0.05, 0.1) is 18.5 Å². The number of furan rings is 1. The molecule has 1 atom stereocenters. The van der Waals surface area contributed by atoms with E-state index in [4.69, 9.17) is 9.68 Å². The number of fused-ring (bicyclic) bond motifs is 3. The van der Waals surface area contributed by atoms with Gasteiger partial charge in [-0.05, 0) is 38.5 Å². The van der Waals surface area contributed by atoms with Crippen molar-refractivity contribution in [1.29, 1.82) is 5.26 Å². The average Bonchev–Trinajstić information content (AvgIpc) is 3.19. The van der Waals surface area contributed by atoms with Crippen molar-refractivity contribution in [3.05, 3.63) is 24.4 Å². The van der Waals surface area contributed by atoms with Gasteiger partial charge in [0.25, 0.3) is 0 Å². The number of hydrogen-bond acceptors (Lipinski definition) is 5. The lowest BCUT2D eigenvalue weighted by atomic mass is 9.84.